The average molecular weight is 264 g/mol. The first-order chi connectivity index (χ1) is 8.75. The fraction of sp³-hybridized carbons (Fsp3) is 0.583. The Morgan fingerprint density at radius 1 is 1.50 bits per heavy atom. The van der Waals surface area contributed by atoms with Crippen LogP contribution in [0.2, 0.25) is 0 Å². The lowest BCUT2D eigenvalue weighted by molar-refractivity contribution is 0.0996. The van der Waals surface area contributed by atoms with Crippen molar-refractivity contribution in [1.82, 2.24) is 14.3 Å². The normalized spacial score (nSPS) is 21.3. The number of nitrogens with zero attached hydrogens (tertiary/aromatic N) is 3. The number of hydrogen-bond donors (Lipinski definition) is 1. The van der Waals surface area contributed by atoms with Gasteiger partial charge in [0.25, 0.3) is 0 Å². The van der Waals surface area contributed by atoms with Crippen LogP contribution in [0.1, 0.15) is 25.5 Å². The van der Waals surface area contributed by atoms with Crippen molar-refractivity contribution in [3.05, 3.63) is 12.0 Å². The van der Waals surface area contributed by atoms with Gasteiger partial charge in [-0.05, 0) is 38.2 Å². The Labute approximate surface area is 110 Å². The van der Waals surface area contributed by atoms with Crippen LogP contribution in [0, 0.1) is 6.92 Å². The Morgan fingerprint density at radius 3 is 3.17 bits per heavy atom. The van der Waals surface area contributed by atoms with Gasteiger partial charge in [-0.3, -0.25) is 0 Å². The molecule has 0 saturated carbocycles. The molecule has 18 heavy (non-hydrogen) atoms. The highest BCUT2D eigenvalue weighted by Crippen LogP contribution is 2.27. The molecule has 2 aromatic heterocycles. The summed E-state index contributed by atoms with van der Waals surface area (Å²) in [5, 5.41) is 4.48. The predicted octanol–water partition coefficient (Wildman–Crippen LogP) is 2.37. The summed E-state index contributed by atoms with van der Waals surface area (Å²) >= 11 is 1.42. The van der Waals surface area contributed by atoms with Crippen molar-refractivity contribution in [3.63, 3.8) is 0 Å². The maximum absolute atomic E-state index is 5.69. The monoisotopic (exact) mass is 264 g/mol. The number of nitrogens with one attached hydrogen (secondary N) is 1. The number of fused-ring (bicyclic) bond motifs is 1. The third-order valence-corrected chi connectivity index (χ3v) is 4.18. The summed E-state index contributed by atoms with van der Waals surface area (Å²) in [4.78, 5) is 9.52. The number of anilines is 1. The molecule has 2 unspecified atom stereocenters. The number of aromatic nitrogens is 3. The zero-order valence-corrected chi connectivity index (χ0v) is 11.3. The Hall–Kier alpha value is -1.27. The van der Waals surface area contributed by atoms with Crippen molar-refractivity contribution in [3.8, 4) is 0 Å². The zero-order chi connectivity index (χ0) is 12.5. The van der Waals surface area contributed by atoms with Gasteiger partial charge < -0.3 is 10.1 Å². The highest BCUT2D eigenvalue weighted by molar-refractivity contribution is 7.13. The molecule has 0 aromatic carbocycles. The van der Waals surface area contributed by atoms with Crippen molar-refractivity contribution in [2.24, 2.45) is 0 Å². The van der Waals surface area contributed by atoms with Crippen LogP contribution < -0.4 is 5.32 Å². The molecular weight excluding hydrogens is 248 g/mol. The molecule has 3 heterocycles. The molecule has 0 spiro atoms. The van der Waals surface area contributed by atoms with Gasteiger partial charge in [-0.1, -0.05) is 0 Å². The van der Waals surface area contributed by atoms with Crippen LogP contribution >= 0.6 is 11.5 Å². The Morgan fingerprint density at radius 2 is 2.39 bits per heavy atom. The van der Waals surface area contributed by atoms with Gasteiger partial charge in [-0.25, -0.2) is 9.97 Å². The maximum Gasteiger partial charge on any atom is 0.149 e. The van der Waals surface area contributed by atoms with Gasteiger partial charge in [0.15, 0.2) is 0 Å². The second kappa shape index (κ2) is 4.78. The summed E-state index contributed by atoms with van der Waals surface area (Å²) in [6.45, 7) is 5.00. The Balaban J connectivity index is 1.87. The van der Waals surface area contributed by atoms with E-state index < -0.39 is 0 Å². The van der Waals surface area contributed by atoms with Gasteiger partial charge in [0, 0.05) is 6.61 Å². The van der Waals surface area contributed by atoms with Crippen molar-refractivity contribution in [2.45, 2.75) is 38.8 Å². The molecule has 1 aliphatic heterocycles. The van der Waals surface area contributed by atoms with Crippen LogP contribution in [-0.2, 0) is 4.74 Å². The lowest BCUT2D eigenvalue weighted by atomic mass is 10.1. The van der Waals surface area contributed by atoms with Gasteiger partial charge in [-0.15, -0.1) is 0 Å². The van der Waals surface area contributed by atoms with E-state index in [-0.39, 0.29) is 12.1 Å². The van der Waals surface area contributed by atoms with Crippen LogP contribution in [-0.4, -0.2) is 33.1 Å². The molecule has 3 rings (SSSR count). The molecule has 0 radical (unpaired) electrons. The van der Waals surface area contributed by atoms with Gasteiger partial charge >= 0.3 is 0 Å². The Bertz CT molecular complexity index is 550. The summed E-state index contributed by atoms with van der Waals surface area (Å²) in [5.74, 6) is 0.870. The van der Waals surface area contributed by atoms with E-state index in [1.54, 1.807) is 6.33 Å². The predicted molar refractivity (Wildman–Crippen MR) is 72.0 cm³/mol. The molecule has 0 aliphatic carbocycles. The molecule has 6 heteroatoms. The lowest BCUT2D eigenvalue weighted by Crippen LogP contribution is -2.30. The standard InChI is InChI=1S/C12H16N4OS/c1-7(9-4-3-5-17-9)15-11-10-8(2)16-18-12(10)14-6-13-11/h6-7,9H,3-5H2,1-2H3,(H,13,14,15). The van der Waals surface area contributed by atoms with E-state index in [1.165, 1.54) is 11.5 Å². The second-order valence-electron chi connectivity index (χ2n) is 4.65. The van der Waals surface area contributed by atoms with E-state index >= 15 is 0 Å². The van der Waals surface area contributed by atoms with Crippen molar-refractivity contribution >= 4 is 27.6 Å². The first-order valence-corrected chi connectivity index (χ1v) is 6.98. The molecule has 5 nitrogen and oxygen atoms in total. The van der Waals surface area contributed by atoms with Crippen LogP contribution in [0.25, 0.3) is 10.2 Å². The van der Waals surface area contributed by atoms with Gasteiger partial charge in [0.05, 0.1) is 23.2 Å². The molecule has 0 amide bonds. The number of aryl methyl sites for hydroxylation is 1. The van der Waals surface area contributed by atoms with Crippen molar-refractivity contribution in [2.75, 3.05) is 11.9 Å². The first kappa shape index (κ1) is 11.8. The first-order valence-electron chi connectivity index (χ1n) is 6.21. The second-order valence-corrected chi connectivity index (χ2v) is 5.41. The minimum atomic E-state index is 0.255. The molecule has 1 aliphatic rings. The smallest absolute Gasteiger partial charge is 0.149 e. The summed E-state index contributed by atoms with van der Waals surface area (Å²) in [5.41, 5.74) is 0.984. The SMILES string of the molecule is Cc1nsc2ncnc(NC(C)C3CCCO3)c12. The fourth-order valence-electron chi connectivity index (χ4n) is 2.34. The summed E-state index contributed by atoms with van der Waals surface area (Å²) < 4.78 is 10.0. The highest BCUT2D eigenvalue weighted by atomic mass is 32.1. The van der Waals surface area contributed by atoms with E-state index in [0.29, 0.717) is 0 Å². The van der Waals surface area contributed by atoms with Crippen molar-refractivity contribution in [1.29, 1.82) is 0 Å². The van der Waals surface area contributed by atoms with Crippen LogP contribution in [0.3, 0.4) is 0 Å². The van der Waals surface area contributed by atoms with E-state index in [2.05, 4.69) is 26.6 Å². The van der Waals surface area contributed by atoms with Crippen LogP contribution in [0.5, 0.6) is 0 Å². The quantitative estimate of drug-likeness (QED) is 0.922. The number of ether oxygens (including phenoxy) is 1. The summed E-state index contributed by atoms with van der Waals surface area (Å²) in [6, 6.07) is 0.255. The highest BCUT2D eigenvalue weighted by Gasteiger charge is 2.23. The zero-order valence-electron chi connectivity index (χ0n) is 10.5. The van der Waals surface area contributed by atoms with E-state index in [1.807, 2.05) is 6.92 Å². The molecule has 1 fully saturated rings. The minimum Gasteiger partial charge on any atom is -0.376 e. The van der Waals surface area contributed by atoms with Gasteiger partial charge in [0.1, 0.15) is 17.0 Å². The topological polar surface area (TPSA) is 59.9 Å². The summed E-state index contributed by atoms with van der Waals surface area (Å²) in [6.07, 6.45) is 4.13. The van der Waals surface area contributed by atoms with E-state index in [9.17, 15) is 0 Å². The number of hydrogen-bond acceptors (Lipinski definition) is 6. The lowest BCUT2D eigenvalue weighted by Gasteiger charge is -2.20. The largest absolute Gasteiger partial charge is 0.376 e. The molecule has 2 aromatic rings. The summed E-state index contributed by atoms with van der Waals surface area (Å²) in [7, 11) is 0. The molecule has 0 bridgehead atoms. The minimum absolute atomic E-state index is 0.255. The fourth-order valence-corrected chi connectivity index (χ4v) is 3.08. The van der Waals surface area contributed by atoms with Gasteiger partial charge in [-0.2, -0.15) is 4.37 Å². The molecule has 1 N–H and O–H groups in total. The van der Waals surface area contributed by atoms with Gasteiger partial charge in [0.2, 0.25) is 0 Å². The maximum atomic E-state index is 5.69. The molecule has 96 valence electrons. The van der Waals surface area contributed by atoms with E-state index in [0.717, 1.165) is 41.2 Å². The molecular formula is C12H16N4OS. The molecule has 1 saturated heterocycles. The Kier molecular flexibility index (Phi) is 3.13. The average Bonchev–Trinajstić information content (AvgIpc) is 3.00. The van der Waals surface area contributed by atoms with Crippen LogP contribution in [0.4, 0.5) is 5.82 Å². The third-order valence-electron chi connectivity index (χ3n) is 3.33. The van der Waals surface area contributed by atoms with Crippen LogP contribution in [0.15, 0.2) is 6.33 Å². The van der Waals surface area contributed by atoms with E-state index in [4.69, 9.17) is 4.74 Å². The third kappa shape index (κ3) is 2.06. The van der Waals surface area contributed by atoms with Crippen molar-refractivity contribution < 1.29 is 4.74 Å². The number of rotatable bonds is 3. The molecule has 2 atom stereocenters.